The van der Waals surface area contributed by atoms with Gasteiger partial charge in [0.2, 0.25) is 5.95 Å². The molecule has 1 aliphatic rings. The summed E-state index contributed by atoms with van der Waals surface area (Å²) in [6.45, 7) is 3.75. The van der Waals surface area contributed by atoms with Gasteiger partial charge in [-0.1, -0.05) is 29.8 Å². The highest BCUT2D eigenvalue weighted by Gasteiger charge is 2.22. The van der Waals surface area contributed by atoms with Crippen LogP contribution in [0.2, 0.25) is 0 Å². The normalized spacial score (nSPS) is 18.8. The number of hydrogen-bond donors (Lipinski definition) is 3. The van der Waals surface area contributed by atoms with Crippen LogP contribution in [-0.4, -0.2) is 41.8 Å². The van der Waals surface area contributed by atoms with Gasteiger partial charge in [-0.2, -0.15) is 4.98 Å². The van der Waals surface area contributed by atoms with E-state index in [1.165, 1.54) is 18.4 Å². The van der Waals surface area contributed by atoms with Crippen molar-refractivity contribution in [1.82, 2.24) is 15.3 Å². The molecule has 31 heavy (non-hydrogen) atoms. The summed E-state index contributed by atoms with van der Waals surface area (Å²) in [7, 11) is 4.04. The van der Waals surface area contributed by atoms with Crippen LogP contribution in [0.4, 0.5) is 11.8 Å². The maximum atomic E-state index is 10.0. The molecule has 0 unspecified atom stereocenters. The second-order valence-electron chi connectivity index (χ2n) is 8.91. The molecule has 1 aromatic heterocycles. The van der Waals surface area contributed by atoms with E-state index in [0.717, 1.165) is 47.6 Å². The molecule has 1 heterocycles. The first kappa shape index (κ1) is 21.4. The molecule has 2 aromatic carbocycles. The summed E-state index contributed by atoms with van der Waals surface area (Å²) >= 11 is 0. The maximum Gasteiger partial charge on any atom is 0.225 e. The molecule has 0 spiro atoms. The summed E-state index contributed by atoms with van der Waals surface area (Å²) in [4.78, 5) is 11.6. The van der Waals surface area contributed by atoms with E-state index in [9.17, 15) is 5.11 Å². The Morgan fingerprint density at radius 1 is 1.03 bits per heavy atom. The Morgan fingerprint density at radius 2 is 1.81 bits per heavy atom. The fourth-order valence-electron chi connectivity index (χ4n) is 4.43. The van der Waals surface area contributed by atoms with Crippen LogP contribution in [0, 0.1) is 12.8 Å². The summed E-state index contributed by atoms with van der Waals surface area (Å²) < 4.78 is 0. The third kappa shape index (κ3) is 5.25. The number of phenolic OH excluding ortho intramolecular Hbond substituents is 1. The topological polar surface area (TPSA) is 73.3 Å². The van der Waals surface area contributed by atoms with Gasteiger partial charge in [0.05, 0.1) is 5.52 Å². The SMILES string of the molecule is Cc1ccc(O)c(CNC[C@H]2CC[C@@H](Nc3nc(N(C)C)c4ccccc4n3)CC2)c1. The molecule has 3 aromatic rings. The summed E-state index contributed by atoms with van der Waals surface area (Å²) in [5.74, 6) is 2.71. The minimum absolute atomic E-state index is 0.374. The predicted octanol–water partition coefficient (Wildman–Crippen LogP) is 4.47. The molecule has 0 saturated heterocycles. The monoisotopic (exact) mass is 419 g/mol. The lowest BCUT2D eigenvalue weighted by atomic mass is 9.86. The van der Waals surface area contributed by atoms with Gasteiger partial charge in [-0.05, 0) is 63.3 Å². The molecular weight excluding hydrogens is 386 g/mol. The van der Waals surface area contributed by atoms with Gasteiger partial charge < -0.3 is 20.6 Å². The lowest BCUT2D eigenvalue weighted by Gasteiger charge is -2.29. The van der Waals surface area contributed by atoms with E-state index >= 15 is 0 Å². The van der Waals surface area contributed by atoms with E-state index < -0.39 is 0 Å². The molecule has 1 saturated carbocycles. The van der Waals surface area contributed by atoms with Crippen LogP contribution in [0.3, 0.4) is 0 Å². The van der Waals surface area contributed by atoms with Crippen molar-refractivity contribution >= 4 is 22.7 Å². The molecule has 0 bridgehead atoms. The second kappa shape index (κ2) is 9.52. The van der Waals surface area contributed by atoms with Gasteiger partial charge in [-0.3, -0.25) is 0 Å². The first-order chi connectivity index (χ1) is 15.0. The molecular formula is C25H33N5O. The van der Waals surface area contributed by atoms with Crippen molar-refractivity contribution in [3.63, 3.8) is 0 Å². The van der Waals surface area contributed by atoms with Crippen molar-refractivity contribution in [2.75, 3.05) is 30.9 Å². The summed E-state index contributed by atoms with van der Waals surface area (Å²) in [5.41, 5.74) is 3.12. The van der Waals surface area contributed by atoms with Crippen LogP contribution in [-0.2, 0) is 6.54 Å². The number of para-hydroxylation sites is 1. The van der Waals surface area contributed by atoms with Crippen LogP contribution >= 0.6 is 0 Å². The largest absolute Gasteiger partial charge is 0.508 e. The number of benzene rings is 2. The van der Waals surface area contributed by atoms with Gasteiger partial charge in [0, 0.05) is 37.6 Å². The molecule has 0 amide bonds. The fourth-order valence-corrected chi connectivity index (χ4v) is 4.43. The van der Waals surface area contributed by atoms with Crippen molar-refractivity contribution in [3.05, 3.63) is 53.6 Å². The molecule has 164 valence electrons. The number of aromatic nitrogens is 2. The molecule has 0 atom stereocenters. The van der Waals surface area contributed by atoms with Crippen LogP contribution in [0.1, 0.15) is 36.8 Å². The Hall–Kier alpha value is -2.86. The average molecular weight is 420 g/mol. The quantitative estimate of drug-likeness (QED) is 0.525. The molecule has 0 aliphatic heterocycles. The lowest BCUT2D eigenvalue weighted by molar-refractivity contribution is 0.323. The van der Waals surface area contributed by atoms with E-state index in [2.05, 4.69) is 29.7 Å². The van der Waals surface area contributed by atoms with Crippen LogP contribution in [0.15, 0.2) is 42.5 Å². The summed E-state index contributed by atoms with van der Waals surface area (Å²) in [6.07, 6.45) is 4.60. The highest BCUT2D eigenvalue weighted by Crippen LogP contribution is 2.28. The first-order valence-corrected chi connectivity index (χ1v) is 11.2. The zero-order valence-corrected chi connectivity index (χ0v) is 18.7. The van der Waals surface area contributed by atoms with E-state index in [0.29, 0.717) is 24.3 Å². The highest BCUT2D eigenvalue weighted by molar-refractivity contribution is 5.90. The zero-order valence-electron chi connectivity index (χ0n) is 18.7. The van der Waals surface area contributed by atoms with Crippen LogP contribution < -0.4 is 15.5 Å². The van der Waals surface area contributed by atoms with E-state index in [1.54, 1.807) is 6.07 Å². The first-order valence-electron chi connectivity index (χ1n) is 11.2. The standard InChI is InChI=1S/C25H33N5O/c1-17-8-13-23(31)19(14-17)16-26-15-18-9-11-20(12-10-18)27-25-28-22-7-5-4-6-21(22)24(29-25)30(2)3/h4-8,13-14,18,20,26,31H,9-12,15-16H2,1-3H3,(H,27,28,29)/t18-,20+. The molecule has 3 N–H and O–H groups in total. The summed E-state index contributed by atoms with van der Waals surface area (Å²) in [6, 6.07) is 14.3. The summed E-state index contributed by atoms with van der Waals surface area (Å²) in [5, 5.41) is 18.2. The third-order valence-electron chi connectivity index (χ3n) is 6.17. The number of nitrogens with one attached hydrogen (secondary N) is 2. The smallest absolute Gasteiger partial charge is 0.225 e. The van der Waals surface area contributed by atoms with Gasteiger partial charge in [0.1, 0.15) is 11.6 Å². The van der Waals surface area contributed by atoms with Gasteiger partial charge in [0.25, 0.3) is 0 Å². The van der Waals surface area contributed by atoms with Crippen LogP contribution in [0.5, 0.6) is 5.75 Å². The molecule has 1 fully saturated rings. The second-order valence-corrected chi connectivity index (χ2v) is 8.91. The molecule has 6 nitrogen and oxygen atoms in total. The number of hydrogen-bond acceptors (Lipinski definition) is 6. The van der Waals surface area contributed by atoms with Gasteiger partial charge >= 0.3 is 0 Å². The molecule has 4 rings (SSSR count). The number of anilines is 2. The zero-order chi connectivity index (χ0) is 21.8. The van der Waals surface area contributed by atoms with Crippen molar-refractivity contribution < 1.29 is 5.11 Å². The number of rotatable bonds is 7. The van der Waals surface area contributed by atoms with E-state index in [-0.39, 0.29) is 0 Å². The third-order valence-corrected chi connectivity index (χ3v) is 6.17. The van der Waals surface area contributed by atoms with Gasteiger partial charge in [-0.25, -0.2) is 4.98 Å². The van der Waals surface area contributed by atoms with Gasteiger partial charge in [-0.15, -0.1) is 0 Å². The Bertz CT molecular complexity index is 1030. The number of aryl methyl sites for hydroxylation is 1. The number of aromatic hydroxyl groups is 1. The Labute approximate surface area is 184 Å². The predicted molar refractivity (Wildman–Crippen MR) is 128 cm³/mol. The molecule has 6 heteroatoms. The van der Waals surface area contributed by atoms with Crippen LogP contribution in [0.25, 0.3) is 10.9 Å². The van der Waals surface area contributed by atoms with Gasteiger partial charge in [0.15, 0.2) is 0 Å². The number of phenols is 1. The Morgan fingerprint density at radius 3 is 2.58 bits per heavy atom. The Balaban J connectivity index is 1.30. The fraction of sp³-hybridized carbons (Fsp3) is 0.440. The lowest BCUT2D eigenvalue weighted by Crippen LogP contribution is -2.31. The average Bonchev–Trinajstić information content (AvgIpc) is 2.76. The number of nitrogens with zero attached hydrogens (tertiary/aromatic N) is 3. The van der Waals surface area contributed by atoms with Crippen molar-refractivity contribution in [2.45, 2.75) is 45.2 Å². The number of fused-ring (bicyclic) bond motifs is 1. The minimum Gasteiger partial charge on any atom is -0.508 e. The minimum atomic E-state index is 0.374. The van der Waals surface area contributed by atoms with Crippen molar-refractivity contribution in [1.29, 1.82) is 0 Å². The van der Waals surface area contributed by atoms with E-state index in [4.69, 9.17) is 9.97 Å². The molecule has 0 radical (unpaired) electrons. The maximum absolute atomic E-state index is 10.0. The van der Waals surface area contributed by atoms with Crippen molar-refractivity contribution in [3.8, 4) is 5.75 Å². The molecule has 1 aliphatic carbocycles. The van der Waals surface area contributed by atoms with Crippen molar-refractivity contribution in [2.24, 2.45) is 5.92 Å². The highest BCUT2D eigenvalue weighted by atomic mass is 16.3. The van der Waals surface area contributed by atoms with E-state index in [1.807, 2.05) is 43.3 Å². The Kier molecular flexibility index (Phi) is 6.56.